The summed E-state index contributed by atoms with van der Waals surface area (Å²) in [5, 5.41) is 0. The van der Waals surface area contributed by atoms with Crippen LogP contribution in [0.2, 0.25) is 0 Å². The first-order valence-corrected chi connectivity index (χ1v) is 7.69. The Morgan fingerprint density at radius 1 is 1.17 bits per heavy atom. The zero-order chi connectivity index (χ0) is 17.7. The van der Waals surface area contributed by atoms with Gasteiger partial charge in [0.2, 0.25) is 0 Å². The Morgan fingerprint density at radius 3 is 2.54 bits per heavy atom. The Labute approximate surface area is 141 Å². The number of hydrogen-bond acceptors (Lipinski definition) is 4. The third kappa shape index (κ3) is 3.37. The maximum Gasteiger partial charge on any atom is 0.333 e. The molecule has 6 nitrogen and oxygen atoms in total. The van der Waals surface area contributed by atoms with Crippen LogP contribution in [0.1, 0.15) is 18.9 Å². The molecule has 1 aliphatic heterocycles. The Morgan fingerprint density at radius 2 is 1.88 bits per heavy atom. The van der Waals surface area contributed by atoms with Gasteiger partial charge in [0.05, 0.1) is 0 Å². The van der Waals surface area contributed by atoms with E-state index in [1.165, 1.54) is 13.1 Å². The number of nitrogens with zero attached hydrogens (tertiary/aromatic N) is 2. The van der Waals surface area contributed by atoms with E-state index in [0.717, 1.165) is 9.80 Å². The van der Waals surface area contributed by atoms with Gasteiger partial charge in [-0.3, -0.25) is 19.4 Å². The first kappa shape index (κ1) is 17.5. The molecule has 0 unspecified atom stereocenters. The molecule has 2 rings (SSSR count). The van der Waals surface area contributed by atoms with Gasteiger partial charge in [-0.1, -0.05) is 37.8 Å². The quantitative estimate of drug-likeness (QED) is 0.457. The average Bonchev–Trinajstić information content (AvgIpc) is 2.59. The summed E-state index contributed by atoms with van der Waals surface area (Å²) in [4.78, 5) is 39.0. The molecular formula is C18H20N2O4. The van der Waals surface area contributed by atoms with Crippen LogP contribution in [0.3, 0.4) is 0 Å². The standard InChI is InChI=1S/C18H20N2O4/c1-4-10-20-17(22)14(16(21)19(3)18(20)23)12-13-8-6-7-9-15(13)24-11-5-2/h5-9,12H,2,4,10-11H2,1,3H3/b14-12-. The molecule has 1 aromatic carbocycles. The fourth-order valence-corrected chi connectivity index (χ4v) is 2.35. The molecule has 0 radical (unpaired) electrons. The average molecular weight is 328 g/mol. The SMILES string of the molecule is C=CCOc1ccccc1/C=C1/C(=O)N(C)C(=O)N(CCC)C1=O. The lowest BCUT2D eigenvalue weighted by molar-refractivity contribution is -0.135. The lowest BCUT2D eigenvalue weighted by atomic mass is 10.1. The zero-order valence-electron chi connectivity index (χ0n) is 13.8. The van der Waals surface area contributed by atoms with Gasteiger partial charge in [-0.05, 0) is 18.6 Å². The van der Waals surface area contributed by atoms with Crippen molar-refractivity contribution in [1.29, 1.82) is 0 Å². The van der Waals surface area contributed by atoms with E-state index in [4.69, 9.17) is 4.74 Å². The molecule has 1 aromatic rings. The molecule has 0 bridgehead atoms. The van der Waals surface area contributed by atoms with Crippen LogP contribution in [-0.2, 0) is 9.59 Å². The molecule has 1 aliphatic rings. The number of amides is 4. The van der Waals surface area contributed by atoms with Crippen LogP contribution in [0.25, 0.3) is 6.08 Å². The lowest BCUT2D eigenvalue weighted by Gasteiger charge is -2.31. The number of carbonyl (C=O) groups excluding carboxylic acids is 3. The molecule has 0 spiro atoms. The highest BCUT2D eigenvalue weighted by Gasteiger charge is 2.39. The van der Waals surface area contributed by atoms with Crippen LogP contribution >= 0.6 is 0 Å². The van der Waals surface area contributed by atoms with Gasteiger partial charge in [0, 0.05) is 19.2 Å². The van der Waals surface area contributed by atoms with E-state index < -0.39 is 17.8 Å². The molecule has 4 amide bonds. The van der Waals surface area contributed by atoms with E-state index >= 15 is 0 Å². The molecule has 6 heteroatoms. The van der Waals surface area contributed by atoms with Gasteiger partial charge in [0.1, 0.15) is 17.9 Å². The van der Waals surface area contributed by atoms with Crippen LogP contribution < -0.4 is 4.74 Å². The fraction of sp³-hybridized carbons (Fsp3) is 0.278. The van der Waals surface area contributed by atoms with Crippen molar-refractivity contribution in [3.05, 3.63) is 48.1 Å². The summed E-state index contributed by atoms with van der Waals surface area (Å²) in [6.07, 6.45) is 3.69. The summed E-state index contributed by atoms with van der Waals surface area (Å²) in [7, 11) is 1.37. The maximum absolute atomic E-state index is 12.5. The number of rotatable bonds is 6. The molecule has 126 valence electrons. The highest BCUT2D eigenvalue weighted by Crippen LogP contribution is 2.24. The van der Waals surface area contributed by atoms with Crippen molar-refractivity contribution in [2.45, 2.75) is 13.3 Å². The van der Waals surface area contributed by atoms with E-state index in [2.05, 4.69) is 6.58 Å². The molecule has 0 saturated carbocycles. The molecule has 24 heavy (non-hydrogen) atoms. The van der Waals surface area contributed by atoms with Crippen molar-refractivity contribution in [2.24, 2.45) is 0 Å². The third-order valence-corrected chi connectivity index (χ3v) is 3.55. The number of imide groups is 2. The van der Waals surface area contributed by atoms with E-state index in [-0.39, 0.29) is 12.1 Å². The third-order valence-electron chi connectivity index (χ3n) is 3.55. The molecule has 1 saturated heterocycles. The lowest BCUT2D eigenvalue weighted by Crippen LogP contribution is -2.54. The van der Waals surface area contributed by atoms with Crippen molar-refractivity contribution in [2.75, 3.05) is 20.2 Å². The summed E-state index contributed by atoms with van der Waals surface area (Å²) in [5.74, 6) is -0.661. The van der Waals surface area contributed by atoms with Crippen molar-refractivity contribution in [3.63, 3.8) is 0 Å². The van der Waals surface area contributed by atoms with E-state index in [1.807, 2.05) is 6.92 Å². The van der Waals surface area contributed by atoms with Gasteiger partial charge in [-0.25, -0.2) is 4.79 Å². The predicted molar refractivity (Wildman–Crippen MR) is 90.3 cm³/mol. The number of urea groups is 1. The normalized spacial score (nSPS) is 16.8. The first-order chi connectivity index (χ1) is 11.5. The van der Waals surface area contributed by atoms with Crippen LogP contribution in [0, 0.1) is 0 Å². The molecular weight excluding hydrogens is 308 g/mol. The Bertz CT molecular complexity index is 709. The summed E-state index contributed by atoms with van der Waals surface area (Å²) in [5.41, 5.74) is 0.537. The van der Waals surface area contributed by atoms with Crippen LogP contribution in [0.15, 0.2) is 42.5 Å². The van der Waals surface area contributed by atoms with Crippen molar-refractivity contribution in [3.8, 4) is 5.75 Å². The number of ether oxygens (including phenoxy) is 1. The summed E-state index contributed by atoms with van der Waals surface area (Å²) >= 11 is 0. The van der Waals surface area contributed by atoms with Gasteiger partial charge in [0.15, 0.2) is 0 Å². The first-order valence-electron chi connectivity index (χ1n) is 7.69. The van der Waals surface area contributed by atoms with Gasteiger partial charge in [-0.15, -0.1) is 0 Å². The highest BCUT2D eigenvalue weighted by atomic mass is 16.5. The molecule has 0 aromatic heterocycles. The summed E-state index contributed by atoms with van der Waals surface area (Å²) in [6, 6.07) is 6.46. The Kier molecular flexibility index (Phi) is 5.52. The summed E-state index contributed by atoms with van der Waals surface area (Å²) < 4.78 is 5.54. The Hall–Kier alpha value is -2.89. The molecule has 1 fully saturated rings. The van der Waals surface area contributed by atoms with E-state index in [9.17, 15) is 14.4 Å². The second-order valence-electron chi connectivity index (χ2n) is 5.30. The number of carbonyl (C=O) groups is 3. The second-order valence-corrected chi connectivity index (χ2v) is 5.30. The number of hydrogen-bond donors (Lipinski definition) is 0. The molecule has 0 atom stereocenters. The van der Waals surface area contributed by atoms with Crippen LogP contribution in [0.4, 0.5) is 4.79 Å². The highest BCUT2D eigenvalue weighted by molar-refractivity contribution is 6.30. The summed E-state index contributed by atoms with van der Waals surface area (Å²) in [6.45, 7) is 6.03. The van der Waals surface area contributed by atoms with Crippen molar-refractivity contribution >= 4 is 23.9 Å². The number of barbiturate groups is 1. The second kappa shape index (κ2) is 7.59. The van der Waals surface area contributed by atoms with E-state index in [0.29, 0.717) is 24.3 Å². The molecule has 0 aliphatic carbocycles. The fourth-order valence-electron chi connectivity index (χ4n) is 2.35. The molecule has 1 heterocycles. The number of benzene rings is 1. The van der Waals surface area contributed by atoms with Gasteiger partial charge in [-0.2, -0.15) is 0 Å². The van der Waals surface area contributed by atoms with E-state index in [1.54, 1.807) is 30.3 Å². The van der Waals surface area contributed by atoms with Gasteiger partial charge < -0.3 is 4.74 Å². The van der Waals surface area contributed by atoms with Crippen LogP contribution in [0.5, 0.6) is 5.75 Å². The number of likely N-dealkylation sites (N-methyl/N-ethyl adjacent to an activating group) is 1. The topological polar surface area (TPSA) is 66.9 Å². The largest absolute Gasteiger partial charge is 0.489 e. The number of para-hydroxylation sites is 1. The van der Waals surface area contributed by atoms with Gasteiger partial charge >= 0.3 is 6.03 Å². The van der Waals surface area contributed by atoms with Crippen molar-refractivity contribution in [1.82, 2.24) is 9.80 Å². The minimum Gasteiger partial charge on any atom is -0.489 e. The predicted octanol–water partition coefficient (Wildman–Crippen LogP) is 2.47. The minimum absolute atomic E-state index is 0.0554. The maximum atomic E-state index is 12.5. The smallest absolute Gasteiger partial charge is 0.333 e. The monoisotopic (exact) mass is 328 g/mol. The van der Waals surface area contributed by atoms with Gasteiger partial charge in [0.25, 0.3) is 11.8 Å². The van der Waals surface area contributed by atoms with Crippen LogP contribution in [-0.4, -0.2) is 47.8 Å². The molecule has 0 N–H and O–H groups in total. The zero-order valence-corrected chi connectivity index (χ0v) is 13.8. The Balaban J connectivity index is 2.43. The van der Waals surface area contributed by atoms with Crippen molar-refractivity contribution < 1.29 is 19.1 Å². The minimum atomic E-state index is -0.615.